The van der Waals surface area contributed by atoms with E-state index in [4.69, 9.17) is 0 Å². The van der Waals surface area contributed by atoms with Gasteiger partial charge in [0.15, 0.2) is 0 Å². The first kappa shape index (κ1) is 24.0. The van der Waals surface area contributed by atoms with E-state index in [1.54, 1.807) is 12.3 Å². The first-order valence-electron chi connectivity index (χ1n) is 12.0. The van der Waals surface area contributed by atoms with Crippen LogP contribution in [0.2, 0.25) is 0 Å². The van der Waals surface area contributed by atoms with Crippen molar-refractivity contribution >= 4 is 38.2 Å². The van der Waals surface area contributed by atoms with Crippen molar-refractivity contribution in [2.24, 2.45) is 0 Å². The van der Waals surface area contributed by atoms with Gasteiger partial charge in [-0.05, 0) is 35.4 Å². The van der Waals surface area contributed by atoms with Crippen molar-refractivity contribution in [2.75, 3.05) is 41.6 Å². The summed E-state index contributed by atoms with van der Waals surface area (Å²) < 4.78 is 27.1. The standard InChI is InChI=1S/C26H32N4O3S/c1-2-3-4-7-19-34(32,33)28-22-13-14-25(27-20-22)29-15-17-30(18-16-29)26(31)24-12-8-10-21-9-5-6-11-23(21)24/h5-6,8-14,20,28H,2-4,7,15-19H2,1H3. The topological polar surface area (TPSA) is 82.6 Å². The van der Waals surface area contributed by atoms with E-state index in [1.807, 2.05) is 53.4 Å². The maximum atomic E-state index is 13.2. The number of amides is 1. The Morgan fingerprint density at radius 3 is 2.44 bits per heavy atom. The normalized spacial score (nSPS) is 14.4. The summed E-state index contributed by atoms with van der Waals surface area (Å²) in [5.74, 6) is 0.956. The Labute approximate surface area is 201 Å². The average molecular weight is 481 g/mol. The third kappa shape index (κ3) is 5.86. The number of hydrogen-bond acceptors (Lipinski definition) is 5. The molecule has 2 aromatic carbocycles. The van der Waals surface area contributed by atoms with E-state index in [2.05, 4.69) is 21.5 Å². The maximum absolute atomic E-state index is 13.2. The van der Waals surface area contributed by atoms with Crippen LogP contribution in [0.4, 0.5) is 11.5 Å². The van der Waals surface area contributed by atoms with Gasteiger partial charge in [-0.1, -0.05) is 62.6 Å². The number of hydrogen-bond donors (Lipinski definition) is 1. The highest BCUT2D eigenvalue weighted by Crippen LogP contribution is 2.22. The molecule has 0 spiro atoms. The number of carbonyl (C=O) groups excluding carboxylic acids is 1. The molecule has 1 N–H and O–H groups in total. The van der Waals surface area contributed by atoms with Crippen molar-refractivity contribution in [3.05, 3.63) is 66.4 Å². The van der Waals surface area contributed by atoms with Gasteiger partial charge in [0.25, 0.3) is 5.91 Å². The van der Waals surface area contributed by atoms with Gasteiger partial charge in [0.1, 0.15) is 5.82 Å². The lowest BCUT2D eigenvalue weighted by molar-refractivity contribution is 0.0748. The molecule has 0 radical (unpaired) electrons. The van der Waals surface area contributed by atoms with Gasteiger partial charge in [-0.25, -0.2) is 13.4 Å². The van der Waals surface area contributed by atoms with Crippen molar-refractivity contribution in [3.63, 3.8) is 0 Å². The zero-order valence-electron chi connectivity index (χ0n) is 19.6. The SMILES string of the molecule is CCCCCCS(=O)(=O)Nc1ccc(N2CCN(C(=O)c3cccc4ccccc34)CC2)nc1. The number of nitrogens with one attached hydrogen (secondary N) is 1. The molecule has 1 aromatic heterocycles. The third-order valence-corrected chi connectivity index (χ3v) is 7.57. The first-order valence-corrected chi connectivity index (χ1v) is 13.6. The highest BCUT2D eigenvalue weighted by molar-refractivity contribution is 7.92. The number of rotatable bonds is 9. The quantitative estimate of drug-likeness (QED) is 0.456. The Bertz CT molecular complexity index is 1220. The van der Waals surface area contributed by atoms with Gasteiger partial charge >= 0.3 is 0 Å². The summed E-state index contributed by atoms with van der Waals surface area (Å²) in [4.78, 5) is 21.6. The molecular formula is C26H32N4O3S. The smallest absolute Gasteiger partial charge is 0.254 e. The summed E-state index contributed by atoms with van der Waals surface area (Å²) in [6.07, 6.45) is 5.27. The number of anilines is 2. The van der Waals surface area contributed by atoms with Crippen LogP contribution in [0, 0.1) is 0 Å². The van der Waals surface area contributed by atoms with Crippen LogP contribution in [0.15, 0.2) is 60.8 Å². The van der Waals surface area contributed by atoms with Crippen molar-refractivity contribution < 1.29 is 13.2 Å². The van der Waals surface area contributed by atoms with Gasteiger partial charge < -0.3 is 9.80 Å². The van der Waals surface area contributed by atoms with E-state index in [0.29, 0.717) is 38.3 Å². The second-order valence-electron chi connectivity index (χ2n) is 8.69. The summed E-state index contributed by atoms with van der Waals surface area (Å²) in [7, 11) is -3.36. The van der Waals surface area contributed by atoms with Gasteiger partial charge in [-0.15, -0.1) is 0 Å². The van der Waals surface area contributed by atoms with Gasteiger partial charge in [-0.3, -0.25) is 9.52 Å². The molecule has 180 valence electrons. The van der Waals surface area contributed by atoms with Crippen LogP contribution in [-0.2, 0) is 10.0 Å². The molecule has 8 heteroatoms. The molecule has 0 aliphatic carbocycles. The molecule has 7 nitrogen and oxygen atoms in total. The molecule has 0 bridgehead atoms. The number of nitrogens with zero attached hydrogens (tertiary/aromatic N) is 3. The fraction of sp³-hybridized carbons (Fsp3) is 0.385. The fourth-order valence-corrected chi connectivity index (χ4v) is 5.47. The maximum Gasteiger partial charge on any atom is 0.254 e. The second-order valence-corrected chi connectivity index (χ2v) is 10.5. The molecule has 3 aromatic rings. The minimum Gasteiger partial charge on any atom is -0.353 e. The van der Waals surface area contributed by atoms with Crippen LogP contribution in [0.25, 0.3) is 10.8 Å². The predicted octanol–water partition coefficient (Wildman–Crippen LogP) is 4.52. The Hall–Kier alpha value is -3.13. The largest absolute Gasteiger partial charge is 0.353 e. The minimum atomic E-state index is -3.36. The van der Waals surface area contributed by atoms with E-state index in [1.165, 1.54) is 0 Å². The zero-order valence-corrected chi connectivity index (χ0v) is 20.4. The molecule has 1 saturated heterocycles. The number of sulfonamides is 1. The van der Waals surface area contributed by atoms with Crippen molar-refractivity contribution in [3.8, 4) is 0 Å². The average Bonchev–Trinajstić information content (AvgIpc) is 2.86. The molecular weight excluding hydrogens is 448 g/mol. The molecule has 0 unspecified atom stereocenters. The van der Waals surface area contributed by atoms with Crippen LogP contribution in [0.5, 0.6) is 0 Å². The van der Waals surface area contributed by atoms with E-state index in [0.717, 1.165) is 41.4 Å². The number of benzene rings is 2. The van der Waals surface area contributed by atoms with Gasteiger partial charge in [0.2, 0.25) is 10.0 Å². The molecule has 1 aliphatic heterocycles. The van der Waals surface area contributed by atoms with E-state index >= 15 is 0 Å². The summed E-state index contributed by atoms with van der Waals surface area (Å²) in [6, 6.07) is 17.4. The van der Waals surface area contributed by atoms with Crippen molar-refractivity contribution in [1.82, 2.24) is 9.88 Å². The summed E-state index contributed by atoms with van der Waals surface area (Å²) in [5, 5.41) is 2.04. The number of piperazine rings is 1. The van der Waals surface area contributed by atoms with Crippen LogP contribution in [0.3, 0.4) is 0 Å². The Balaban J connectivity index is 1.33. The molecule has 34 heavy (non-hydrogen) atoms. The predicted molar refractivity (Wildman–Crippen MR) is 138 cm³/mol. The minimum absolute atomic E-state index is 0.0492. The summed E-state index contributed by atoms with van der Waals surface area (Å²) in [5.41, 5.74) is 1.21. The van der Waals surface area contributed by atoms with Gasteiger partial charge in [0, 0.05) is 31.7 Å². The van der Waals surface area contributed by atoms with Crippen LogP contribution >= 0.6 is 0 Å². The van der Waals surface area contributed by atoms with Crippen LogP contribution < -0.4 is 9.62 Å². The second kappa shape index (κ2) is 10.9. The van der Waals surface area contributed by atoms with E-state index in [9.17, 15) is 13.2 Å². The van der Waals surface area contributed by atoms with Crippen molar-refractivity contribution in [2.45, 2.75) is 32.6 Å². The molecule has 1 amide bonds. The number of carbonyl (C=O) groups is 1. The lowest BCUT2D eigenvalue weighted by Crippen LogP contribution is -2.49. The van der Waals surface area contributed by atoms with Crippen LogP contribution in [0.1, 0.15) is 43.0 Å². The summed E-state index contributed by atoms with van der Waals surface area (Å²) >= 11 is 0. The molecule has 0 atom stereocenters. The number of aromatic nitrogens is 1. The lowest BCUT2D eigenvalue weighted by Gasteiger charge is -2.35. The number of pyridine rings is 1. The molecule has 0 saturated carbocycles. The lowest BCUT2D eigenvalue weighted by atomic mass is 10.0. The van der Waals surface area contributed by atoms with E-state index in [-0.39, 0.29) is 11.7 Å². The monoisotopic (exact) mass is 480 g/mol. The highest BCUT2D eigenvalue weighted by atomic mass is 32.2. The Kier molecular flexibility index (Phi) is 7.67. The fourth-order valence-electron chi connectivity index (χ4n) is 4.30. The Morgan fingerprint density at radius 2 is 1.71 bits per heavy atom. The number of fused-ring (bicyclic) bond motifs is 1. The Morgan fingerprint density at radius 1 is 0.941 bits per heavy atom. The van der Waals surface area contributed by atoms with Gasteiger partial charge in [0.05, 0.1) is 17.6 Å². The van der Waals surface area contributed by atoms with E-state index < -0.39 is 10.0 Å². The van der Waals surface area contributed by atoms with Gasteiger partial charge in [-0.2, -0.15) is 0 Å². The molecule has 4 rings (SSSR count). The highest BCUT2D eigenvalue weighted by Gasteiger charge is 2.24. The third-order valence-electron chi connectivity index (χ3n) is 6.20. The molecule has 1 aliphatic rings. The number of unbranched alkanes of at least 4 members (excludes halogenated alkanes) is 3. The van der Waals surface area contributed by atoms with Crippen LogP contribution in [-0.4, -0.2) is 56.1 Å². The molecule has 1 fully saturated rings. The molecule has 2 heterocycles. The zero-order chi connectivity index (χ0) is 24.0. The first-order chi connectivity index (χ1) is 16.5. The summed E-state index contributed by atoms with van der Waals surface area (Å²) in [6.45, 7) is 4.66. The van der Waals surface area contributed by atoms with Crippen molar-refractivity contribution in [1.29, 1.82) is 0 Å².